The third kappa shape index (κ3) is 6.24. The van der Waals surface area contributed by atoms with Gasteiger partial charge in [-0.25, -0.2) is 19.5 Å². The van der Waals surface area contributed by atoms with Crippen molar-refractivity contribution >= 4 is 28.4 Å². The van der Waals surface area contributed by atoms with Gasteiger partial charge in [0.1, 0.15) is 11.4 Å². The lowest BCUT2D eigenvalue weighted by atomic mass is 10.1. The highest BCUT2D eigenvalue weighted by Crippen LogP contribution is 2.32. The number of amides is 1. The first-order valence-electron chi connectivity index (χ1n) is 12.9. The third-order valence-electron chi connectivity index (χ3n) is 6.90. The summed E-state index contributed by atoms with van der Waals surface area (Å²) in [6.07, 6.45) is -5.79. The van der Waals surface area contributed by atoms with E-state index in [4.69, 9.17) is 0 Å². The van der Waals surface area contributed by atoms with Crippen LogP contribution in [0.2, 0.25) is 0 Å². The van der Waals surface area contributed by atoms with E-state index >= 15 is 0 Å². The first-order valence-corrected chi connectivity index (χ1v) is 12.9. The molecule has 2 N–H and O–H groups in total. The summed E-state index contributed by atoms with van der Waals surface area (Å²) >= 11 is 0. The molecule has 10 nitrogen and oxygen atoms in total. The molecular formula is C26H23F7N8O2. The molecule has 228 valence electrons. The van der Waals surface area contributed by atoms with Gasteiger partial charge in [-0.15, -0.1) is 0 Å². The van der Waals surface area contributed by atoms with E-state index in [0.29, 0.717) is 23.3 Å². The lowest BCUT2D eigenvalue weighted by molar-refractivity contribution is -0.139. The fourth-order valence-electron chi connectivity index (χ4n) is 4.89. The molecule has 0 saturated carbocycles. The van der Waals surface area contributed by atoms with Crippen molar-refractivity contribution in [1.29, 1.82) is 0 Å². The van der Waals surface area contributed by atoms with Crippen LogP contribution >= 0.6 is 0 Å². The molecule has 1 amide bonds. The number of nitrogens with zero attached hydrogens (tertiary/aromatic N) is 6. The van der Waals surface area contributed by atoms with Crippen molar-refractivity contribution in [3.05, 3.63) is 75.8 Å². The number of nitrogens with one attached hydrogen (secondary N) is 2. The van der Waals surface area contributed by atoms with E-state index < -0.39 is 46.6 Å². The minimum Gasteiger partial charge on any atom is -0.379 e. The molecule has 4 aromatic rings. The average molecular weight is 613 g/mol. The standard InChI is InChI=1S/C26H23F7N8O2/c1-14(37-19-11-36-38-22(42)21(19)26(31,32)33)12-41-13-18(17-3-2-16(27)8-20(17)41)23(43)39-4-6-40(7-5-39)24-34-9-15(10-35-24)25(28,29)30/h2-3,8-11,13-14H,4-7,12H2,1H3,(H2,37,38,42)/t14-/m0/s1. The minimum atomic E-state index is -4.94. The second-order valence-electron chi connectivity index (χ2n) is 9.94. The molecule has 1 aliphatic rings. The highest BCUT2D eigenvalue weighted by molar-refractivity contribution is 6.07. The molecule has 1 aromatic carbocycles. The molecule has 1 saturated heterocycles. The lowest BCUT2D eigenvalue weighted by Gasteiger charge is -2.34. The fraction of sp³-hybridized carbons (Fsp3) is 0.346. The van der Waals surface area contributed by atoms with Crippen molar-refractivity contribution in [1.82, 2.24) is 29.6 Å². The summed E-state index contributed by atoms with van der Waals surface area (Å²) in [6, 6.07) is 3.09. The van der Waals surface area contributed by atoms with Crippen LogP contribution in [0.1, 0.15) is 28.4 Å². The van der Waals surface area contributed by atoms with Gasteiger partial charge in [-0.1, -0.05) is 0 Å². The van der Waals surface area contributed by atoms with E-state index in [1.165, 1.54) is 33.9 Å². The van der Waals surface area contributed by atoms with E-state index in [9.17, 15) is 40.3 Å². The number of aromatic amines is 1. The number of H-pyrrole nitrogens is 1. The van der Waals surface area contributed by atoms with Gasteiger partial charge in [0.2, 0.25) is 5.95 Å². The number of carbonyl (C=O) groups excluding carboxylic acids is 1. The van der Waals surface area contributed by atoms with Crippen molar-refractivity contribution in [2.45, 2.75) is 31.9 Å². The molecule has 5 rings (SSSR count). The van der Waals surface area contributed by atoms with E-state index in [-0.39, 0.29) is 50.1 Å². The second kappa shape index (κ2) is 11.2. The van der Waals surface area contributed by atoms with Gasteiger partial charge in [-0.2, -0.15) is 31.4 Å². The van der Waals surface area contributed by atoms with Gasteiger partial charge in [0.15, 0.2) is 0 Å². The molecule has 4 heterocycles. The number of piperazine rings is 1. The van der Waals surface area contributed by atoms with Crippen LogP contribution < -0.4 is 15.8 Å². The van der Waals surface area contributed by atoms with Gasteiger partial charge in [0, 0.05) is 62.7 Å². The van der Waals surface area contributed by atoms with Crippen LogP contribution in [-0.4, -0.2) is 67.8 Å². The fourth-order valence-corrected chi connectivity index (χ4v) is 4.89. The van der Waals surface area contributed by atoms with Crippen molar-refractivity contribution in [3.63, 3.8) is 0 Å². The molecule has 3 aromatic heterocycles. The molecule has 1 aliphatic heterocycles. The van der Waals surface area contributed by atoms with E-state index in [1.54, 1.807) is 16.9 Å². The van der Waals surface area contributed by atoms with Crippen LogP contribution in [0.15, 0.2) is 47.8 Å². The normalized spacial score (nSPS) is 15.2. The maximum Gasteiger partial charge on any atom is 0.423 e. The number of carbonyl (C=O) groups is 1. The summed E-state index contributed by atoms with van der Waals surface area (Å²) in [5.41, 5.74) is -3.79. The van der Waals surface area contributed by atoms with Crippen LogP contribution in [0.5, 0.6) is 0 Å². The number of anilines is 2. The second-order valence-corrected chi connectivity index (χ2v) is 9.94. The van der Waals surface area contributed by atoms with Crippen LogP contribution in [0.3, 0.4) is 0 Å². The number of benzene rings is 1. The SMILES string of the molecule is C[C@@H](Cn1cc(C(=O)N2CCN(c3ncc(C(F)(F)F)cn3)CC2)c2ccc(F)cc21)Nc1cn[nH]c(=O)c1C(F)(F)F. The number of fused-ring (bicyclic) bond motifs is 1. The summed E-state index contributed by atoms with van der Waals surface area (Å²) in [4.78, 5) is 36.1. The van der Waals surface area contributed by atoms with Crippen LogP contribution in [0, 0.1) is 5.82 Å². The Bertz CT molecular complexity index is 1690. The van der Waals surface area contributed by atoms with Crippen molar-refractivity contribution in [2.75, 3.05) is 36.4 Å². The highest BCUT2D eigenvalue weighted by Gasteiger charge is 2.38. The molecule has 1 atom stereocenters. The van der Waals surface area contributed by atoms with Gasteiger partial charge in [-0.05, 0) is 25.1 Å². The Morgan fingerprint density at radius 2 is 1.70 bits per heavy atom. The maximum atomic E-state index is 14.2. The van der Waals surface area contributed by atoms with Crippen LogP contribution in [0.25, 0.3) is 10.9 Å². The van der Waals surface area contributed by atoms with E-state index in [2.05, 4.69) is 20.4 Å². The Balaban J connectivity index is 1.33. The first-order chi connectivity index (χ1) is 20.2. The maximum absolute atomic E-state index is 14.2. The zero-order valence-corrected chi connectivity index (χ0v) is 22.3. The van der Waals surface area contributed by atoms with E-state index in [0.717, 1.165) is 6.20 Å². The number of alkyl halides is 6. The Morgan fingerprint density at radius 3 is 2.33 bits per heavy atom. The molecule has 0 radical (unpaired) electrons. The van der Waals surface area contributed by atoms with Gasteiger partial charge in [0.05, 0.1) is 28.5 Å². The predicted octanol–water partition coefficient (Wildman–Crippen LogP) is 4.15. The molecule has 1 fully saturated rings. The summed E-state index contributed by atoms with van der Waals surface area (Å²) < 4.78 is 94.6. The molecular weight excluding hydrogens is 589 g/mol. The molecule has 0 spiro atoms. The number of hydrogen-bond donors (Lipinski definition) is 2. The topological polar surface area (TPSA) is 112 Å². The Morgan fingerprint density at radius 1 is 1.02 bits per heavy atom. The first kappa shape index (κ1) is 29.8. The zero-order valence-electron chi connectivity index (χ0n) is 22.3. The number of hydrogen-bond acceptors (Lipinski definition) is 7. The third-order valence-corrected chi connectivity index (χ3v) is 6.90. The van der Waals surface area contributed by atoms with Crippen LogP contribution in [0.4, 0.5) is 42.4 Å². The molecule has 0 bridgehead atoms. The quantitative estimate of drug-likeness (QED) is 0.315. The largest absolute Gasteiger partial charge is 0.423 e. The summed E-state index contributed by atoms with van der Waals surface area (Å²) in [6.45, 7) is 2.44. The lowest BCUT2D eigenvalue weighted by Crippen LogP contribution is -2.49. The van der Waals surface area contributed by atoms with Crippen molar-refractivity contribution < 1.29 is 35.5 Å². The average Bonchev–Trinajstić information content (AvgIpc) is 3.28. The number of aromatic nitrogens is 5. The monoisotopic (exact) mass is 612 g/mol. The predicted molar refractivity (Wildman–Crippen MR) is 140 cm³/mol. The van der Waals surface area contributed by atoms with Crippen LogP contribution in [-0.2, 0) is 18.9 Å². The van der Waals surface area contributed by atoms with Gasteiger partial charge >= 0.3 is 12.4 Å². The molecule has 43 heavy (non-hydrogen) atoms. The Hall–Kier alpha value is -4.70. The van der Waals surface area contributed by atoms with Crippen molar-refractivity contribution in [3.8, 4) is 0 Å². The van der Waals surface area contributed by atoms with Gasteiger partial charge in [0.25, 0.3) is 11.5 Å². The molecule has 17 heteroatoms. The number of halogens is 7. The van der Waals surface area contributed by atoms with Gasteiger partial charge in [-0.3, -0.25) is 9.59 Å². The Labute approximate surface area is 238 Å². The summed E-state index contributed by atoms with van der Waals surface area (Å²) in [7, 11) is 0. The summed E-state index contributed by atoms with van der Waals surface area (Å²) in [5, 5.41) is 8.24. The van der Waals surface area contributed by atoms with E-state index in [1.807, 2.05) is 0 Å². The number of rotatable bonds is 6. The zero-order chi connectivity index (χ0) is 31.1. The Kier molecular flexibility index (Phi) is 7.74. The minimum absolute atomic E-state index is 0.00360. The highest BCUT2D eigenvalue weighted by atomic mass is 19.4. The smallest absolute Gasteiger partial charge is 0.379 e. The van der Waals surface area contributed by atoms with Crippen molar-refractivity contribution in [2.24, 2.45) is 0 Å². The molecule has 0 aliphatic carbocycles. The summed E-state index contributed by atoms with van der Waals surface area (Å²) in [5.74, 6) is -0.880. The van der Waals surface area contributed by atoms with Gasteiger partial charge < -0.3 is 19.7 Å². The molecule has 0 unspecified atom stereocenters.